The molecule has 2 aromatic carbocycles. The molecule has 0 saturated heterocycles. The molecule has 23 heavy (non-hydrogen) atoms. The summed E-state index contributed by atoms with van der Waals surface area (Å²) < 4.78 is 2.15. The van der Waals surface area contributed by atoms with Crippen molar-refractivity contribution in [2.24, 2.45) is 4.99 Å². The van der Waals surface area contributed by atoms with Crippen LogP contribution in [0.3, 0.4) is 0 Å². The highest BCUT2D eigenvalue weighted by Crippen LogP contribution is 2.32. The molecule has 1 unspecified atom stereocenters. The molecule has 1 aliphatic heterocycles. The Hall–Kier alpha value is -2.62. The van der Waals surface area contributed by atoms with E-state index in [0.29, 0.717) is 6.04 Å². The highest BCUT2D eigenvalue weighted by atomic mass is 15.0. The third kappa shape index (κ3) is 2.61. The van der Waals surface area contributed by atoms with Gasteiger partial charge in [0.15, 0.2) is 0 Å². The average molecular weight is 304 g/mol. The van der Waals surface area contributed by atoms with Crippen LogP contribution in [0.4, 0.5) is 5.69 Å². The Morgan fingerprint density at radius 1 is 1.22 bits per heavy atom. The second kappa shape index (κ2) is 5.88. The van der Waals surface area contributed by atoms with Crippen molar-refractivity contribution >= 4 is 22.3 Å². The average Bonchev–Trinajstić information content (AvgIpc) is 3.22. The second-order valence-electron chi connectivity index (χ2n) is 6.07. The monoisotopic (exact) mass is 304 g/mol. The summed E-state index contributed by atoms with van der Waals surface area (Å²) in [7, 11) is 0. The van der Waals surface area contributed by atoms with Crippen LogP contribution >= 0.6 is 0 Å². The van der Waals surface area contributed by atoms with Gasteiger partial charge in [-0.15, -0.1) is 0 Å². The Kier molecular flexibility index (Phi) is 3.58. The van der Waals surface area contributed by atoms with E-state index >= 15 is 0 Å². The molecule has 0 bridgehead atoms. The Bertz CT molecular complexity index is 844. The molecular weight excluding hydrogens is 284 g/mol. The Labute approximate surface area is 135 Å². The smallest absolute Gasteiger partial charge is 0.133 e. The summed E-state index contributed by atoms with van der Waals surface area (Å²) in [6.07, 6.45) is 7.90. The van der Waals surface area contributed by atoms with E-state index in [0.717, 1.165) is 25.2 Å². The van der Waals surface area contributed by atoms with Gasteiger partial charge in [0.1, 0.15) is 5.84 Å². The lowest BCUT2D eigenvalue weighted by Gasteiger charge is -2.11. The van der Waals surface area contributed by atoms with Gasteiger partial charge in [-0.3, -0.25) is 4.99 Å². The van der Waals surface area contributed by atoms with Crippen molar-refractivity contribution in [2.75, 3.05) is 11.9 Å². The molecule has 0 aliphatic carbocycles. The molecule has 2 heterocycles. The fraction of sp³-hybridized carbons (Fsp3) is 0.263. The normalized spacial score (nSPS) is 16.0. The SMILES string of the molecule is CC(CCCN=C1Nc2cccc3cccc1c23)n1ccnc1. The summed E-state index contributed by atoms with van der Waals surface area (Å²) >= 11 is 0. The number of hydrogen-bond acceptors (Lipinski definition) is 2. The van der Waals surface area contributed by atoms with Crippen molar-refractivity contribution in [3.05, 3.63) is 60.7 Å². The predicted molar refractivity (Wildman–Crippen MR) is 95.1 cm³/mol. The van der Waals surface area contributed by atoms with E-state index in [-0.39, 0.29) is 0 Å². The quantitative estimate of drug-likeness (QED) is 0.716. The number of hydrogen-bond donors (Lipinski definition) is 1. The fourth-order valence-corrected chi connectivity index (χ4v) is 3.22. The molecule has 0 spiro atoms. The molecule has 3 aromatic rings. The first kappa shape index (κ1) is 14.0. The van der Waals surface area contributed by atoms with Gasteiger partial charge in [0.05, 0.1) is 6.33 Å². The summed E-state index contributed by atoms with van der Waals surface area (Å²) in [4.78, 5) is 8.90. The molecule has 1 atom stereocenters. The minimum Gasteiger partial charge on any atom is -0.339 e. The van der Waals surface area contributed by atoms with Crippen LogP contribution in [0, 0.1) is 0 Å². The van der Waals surface area contributed by atoms with Crippen molar-refractivity contribution in [3.63, 3.8) is 0 Å². The van der Waals surface area contributed by atoms with E-state index in [1.54, 1.807) is 0 Å². The van der Waals surface area contributed by atoms with Gasteiger partial charge < -0.3 is 9.88 Å². The van der Waals surface area contributed by atoms with E-state index in [1.165, 1.54) is 22.0 Å². The lowest BCUT2D eigenvalue weighted by atomic mass is 10.1. The molecular formula is C19H20N4. The van der Waals surface area contributed by atoms with Crippen molar-refractivity contribution in [3.8, 4) is 0 Å². The summed E-state index contributed by atoms with van der Waals surface area (Å²) in [6, 6.07) is 13.2. The van der Waals surface area contributed by atoms with Crippen molar-refractivity contribution in [1.29, 1.82) is 0 Å². The molecule has 1 N–H and O–H groups in total. The standard InChI is InChI=1S/C19H20N4/c1-14(23-12-11-20-13-23)5-4-10-21-19-16-8-2-6-15-7-3-9-17(22-19)18(15)16/h2-3,6-9,11-14H,4-5,10H2,1H3,(H,21,22). The van der Waals surface area contributed by atoms with Crippen LogP contribution in [0.1, 0.15) is 31.4 Å². The summed E-state index contributed by atoms with van der Waals surface area (Å²) in [5.74, 6) is 1.01. The molecule has 4 heteroatoms. The molecule has 116 valence electrons. The largest absolute Gasteiger partial charge is 0.339 e. The van der Waals surface area contributed by atoms with Gasteiger partial charge in [0, 0.05) is 41.6 Å². The van der Waals surface area contributed by atoms with E-state index < -0.39 is 0 Å². The highest BCUT2D eigenvalue weighted by Gasteiger charge is 2.18. The third-order valence-electron chi connectivity index (χ3n) is 4.50. The topological polar surface area (TPSA) is 42.2 Å². The zero-order valence-corrected chi connectivity index (χ0v) is 13.2. The molecule has 4 rings (SSSR count). The van der Waals surface area contributed by atoms with E-state index in [2.05, 4.69) is 58.2 Å². The van der Waals surface area contributed by atoms with Gasteiger partial charge in [-0.05, 0) is 31.2 Å². The zero-order chi connectivity index (χ0) is 15.6. The van der Waals surface area contributed by atoms with Crippen LogP contribution in [0.5, 0.6) is 0 Å². The first-order valence-corrected chi connectivity index (χ1v) is 8.14. The van der Waals surface area contributed by atoms with Gasteiger partial charge in [0.25, 0.3) is 0 Å². The van der Waals surface area contributed by atoms with Gasteiger partial charge in [-0.25, -0.2) is 4.98 Å². The molecule has 1 aliphatic rings. The summed E-state index contributed by atoms with van der Waals surface area (Å²) in [5.41, 5.74) is 2.39. The maximum atomic E-state index is 4.80. The minimum absolute atomic E-state index is 0.467. The first-order valence-electron chi connectivity index (χ1n) is 8.14. The lowest BCUT2D eigenvalue weighted by Crippen LogP contribution is -2.09. The minimum atomic E-state index is 0.467. The third-order valence-corrected chi connectivity index (χ3v) is 4.50. The van der Waals surface area contributed by atoms with Gasteiger partial charge in [-0.2, -0.15) is 0 Å². The second-order valence-corrected chi connectivity index (χ2v) is 6.07. The van der Waals surface area contributed by atoms with Crippen LogP contribution in [0.15, 0.2) is 60.1 Å². The van der Waals surface area contributed by atoms with Crippen molar-refractivity contribution in [2.45, 2.75) is 25.8 Å². The molecule has 0 saturated carbocycles. The highest BCUT2D eigenvalue weighted by molar-refractivity contribution is 6.25. The van der Waals surface area contributed by atoms with E-state index in [9.17, 15) is 0 Å². The fourth-order valence-electron chi connectivity index (χ4n) is 3.22. The Morgan fingerprint density at radius 3 is 2.91 bits per heavy atom. The summed E-state index contributed by atoms with van der Waals surface area (Å²) in [5, 5.41) is 6.02. The number of aromatic nitrogens is 2. The van der Waals surface area contributed by atoms with Crippen molar-refractivity contribution in [1.82, 2.24) is 9.55 Å². The number of nitrogens with one attached hydrogen (secondary N) is 1. The van der Waals surface area contributed by atoms with Crippen LogP contribution in [0.25, 0.3) is 10.8 Å². The predicted octanol–water partition coefficient (Wildman–Crippen LogP) is 4.25. The molecule has 0 amide bonds. The van der Waals surface area contributed by atoms with Crippen LogP contribution in [0.2, 0.25) is 0 Å². The van der Waals surface area contributed by atoms with Crippen LogP contribution < -0.4 is 5.32 Å². The maximum Gasteiger partial charge on any atom is 0.133 e. The lowest BCUT2D eigenvalue weighted by molar-refractivity contribution is 0.492. The maximum absolute atomic E-state index is 4.80. The molecule has 0 fully saturated rings. The van der Waals surface area contributed by atoms with E-state index in [1.807, 2.05) is 18.7 Å². The number of anilines is 1. The number of aliphatic imine (C=N–C) groups is 1. The number of rotatable bonds is 5. The Balaban J connectivity index is 1.44. The van der Waals surface area contributed by atoms with Crippen molar-refractivity contribution < 1.29 is 0 Å². The van der Waals surface area contributed by atoms with Crippen LogP contribution in [-0.2, 0) is 0 Å². The number of imidazole rings is 1. The van der Waals surface area contributed by atoms with E-state index in [4.69, 9.17) is 4.99 Å². The summed E-state index contributed by atoms with van der Waals surface area (Å²) in [6.45, 7) is 3.06. The number of benzene rings is 2. The molecule has 4 nitrogen and oxygen atoms in total. The molecule has 0 radical (unpaired) electrons. The van der Waals surface area contributed by atoms with Crippen LogP contribution in [-0.4, -0.2) is 21.9 Å². The first-order chi connectivity index (χ1) is 11.3. The van der Waals surface area contributed by atoms with Gasteiger partial charge >= 0.3 is 0 Å². The molecule has 1 aromatic heterocycles. The zero-order valence-electron chi connectivity index (χ0n) is 13.2. The Morgan fingerprint density at radius 2 is 2.09 bits per heavy atom. The van der Waals surface area contributed by atoms with Gasteiger partial charge in [-0.1, -0.05) is 30.3 Å². The number of nitrogens with zero attached hydrogens (tertiary/aromatic N) is 3. The van der Waals surface area contributed by atoms with Gasteiger partial charge in [0.2, 0.25) is 0 Å². The number of amidine groups is 1.